The molecule has 6 heteroatoms. The number of pyridine rings is 1. The fourth-order valence-corrected chi connectivity index (χ4v) is 2.14. The molecule has 0 spiro atoms. The first-order valence-electron chi connectivity index (χ1n) is 7.29. The van der Waals surface area contributed by atoms with Crippen LogP contribution >= 0.6 is 0 Å². The third kappa shape index (κ3) is 4.25. The molecule has 0 aliphatic heterocycles. The Kier molecular flexibility index (Phi) is 5.78. The number of ether oxygens (including phenoxy) is 3. The van der Waals surface area contributed by atoms with Gasteiger partial charge in [0.25, 0.3) is 0 Å². The maximum Gasteiger partial charge on any atom is 0.249 e. The van der Waals surface area contributed by atoms with Crippen LogP contribution in [0.2, 0.25) is 0 Å². The Bertz CT molecular complexity index is 731. The van der Waals surface area contributed by atoms with E-state index in [-0.39, 0.29) is 5.91 Å². The SMILES string of the molecule is COc1cc(C=CC(=O)Nc2cc(C)ccn2)cc(OC)c1OC. The molecule has 0 atom stereocenters. The second-order valence-corrected chi connectivity index (χ2v) is 5.00. The van der Waals surface area contributed by atoms with E-state index < -0.39 is 0 Å². The summed E-state index contributed by atoms with van der Waals surface area (Å²) in [7, 11) is 4.62. The summed E-state index contributed by atoms with van der Waals surface area (Å²) in [4.78, 5) is 16.1. The zero-order valence-electron chi connectivity index (χ0n) is 14.1. The molecule has 1 aromatic heterocycles. The molecule has 0 unspecified atom stereocenters. The zero-order valence-corrected chi connectivity index (χ0v) is 14.1. The number of benzene rings is 1. The first kappa shape index (κ1) is 17.3. The van der Waals surface area contributed by atoms with Gasteiger partial charge in [-0.15, -0.1) is 0 Å². The van der Waals surface area contributed by atoms with Crippen LogP contribution in [0.25, 0.3) is 6.08 Å². The number of amides is 1. The predicted molar refractivity (Wildman–Crippen MR) is 92.7 cm³/mol. The van der Waals surface area contributed by atoms with Crippen molar-refractivity contribution in [3.8, 4) is 17.2 Å². The molecule has 2 aromatic rings. The van der Waals surface area contributed by atoms with Crippen LogP contribution < -0.4 is 19.5 Å². The van der Waals surface area contributed by atoms with Crippen molar-refractivity contribution in [1.82, 2.24) is 4.98 Å². The van der Waals surface area contributed by atoms with Crippen LogP contribution in [0.1, 0.15) is 11.1 Å². The number of nitrogens with zero attached hydrogens (tertiary/aromatic N) is 1. The summed E-state index contributed by atoms with van der Waals surface area (Å²) in [6, 6.07) is 7.18. The fraction of sp³-hybridized carbons (Fsp3) is 0.222. The molecule has 1 aromatic carbocycles. The molecule has 6 nitrogen and oxygen atoms in total. The number of hydrogen-bond acceptors (Lipinski definition) is 5. The van der Waals surface area contributed by atoms with Gasteiger partial charge in [0.2, 0.25) is 11.7 Å². The second kappa shape index (κ2) is 8.01. The van der Waals surface area contributed by atoms with Gasteiger partial charge in [0.1, 0.15) is 5.82 Å². The van der Waals surface area contributed by atoms with Crippen molar-refractivity contribution in [2.24, 2.45) is 0 Å². The Morgan fingerprint density at radius 2 is 1.75 bits per heavy atom. The number of aromatic nitrogens is 1. The van der Waals surface area contributed by atoms with Gasteiger partial charge in [0.15, 0.2) is 11.5 Å². The first-order chi connectivity index (χ1) is 11.6. The number of rotatable bonds is 6. The molecular formula is C18H20N2O4. The van der Waals surface area contributed by atoms with Crippen LogP contribution in [0.4, 0.5) is 5.82 Å². The van der Waals surface area contributed by atoms with Gasteiger partial charge >= 0.3 is 0 Å². The summed E-state index contributed by atoms with van der Waals surface area (Å²) < 4.78 is 15.8. The number of carbonyl (C=O) groups is 1. The molecule has 0 aliphatic rings. The lowest BCUT2D eigenvalue weighted by molar-refractivity contribution is -0.111. The second-order valence-electron chi connectivity index (χ2n) is 5.00. The number of carbonyl (C=O) groups excluding carboxylic acids is 1. The van der Waals surface area contributed by atoms with Crippen LogP contribution in [0.15, 0.2) is 36.5 Å². The Balaban J connectivity index is 2.17. The van der Waals surface area contributed by atoms with Gasteiger partial charge in [0, 0.05) is 12.3 Å². The molecule has 24 heavy (non-hydrogen) atoms. The Labute approximate surface area is 141 Å². The van der Waals surface area contributed by atoms with Crippen molar-refractivity contribution < 1.29 is 19.0 Å². The van der Waals surface area contributed by atoms with Gasteiger partial charge < -0.3 is 19.5 Å². The minimum absolute atomic E-state index is 0.276. The molecule has 0 saturated heterocycles. The first-order valence-corrected chi connectivity index (χ1v) is 7.29. The van der Waals surface area contributed by atoms with Crippen LogP contribution in [-0.2, 0) is 4.79 Å². The van der Waals surface area contributed by atoms with E-state index in [1.165, 1.54) is 13.2 Å². The number of aryl methyl sites for hydroxylation is 1. The highest BCUT2D eigenvalue weighted by Crippen LogP contribution is 2.38. The van der Waals surface area contributed by atoms with Gasteiger partial charge in [-0.3, -0.25) is 4.79 Å². The molecule has 0 radical (unpaired) electrons. The third-order valence-electron chi connectivity index (χ3n) is 3.28. The van der Waals surface area contributed by atoms with E-state index in [0.29, 0.717) is 23.1 Å². The molecule has 0 aliphatic carbocycles. The number of nitrogens with one attached hydrogen (secondary N) is 1. The Morgan fingerprint density at radius 3 is 2.29 bits per heavy atom. The largest absolute Gasteiger partial charge is 0.493 e. The number of anilines is 1. The lowest BCUT2D eigenvalue weighted by Gasteiger charge is -2.12. The highest BCUT2D eigenvalue weighted by Gasteiger charge is 2.12. The molecule has 0 fully saturated rings. The lowest BCUT2D eigenvalue weighted by atomic mass is 10.1. The highest BCUT2D eigenvalue weighted by molar-refractivity contribution is 6.01. The summed E-state index contributed by atoms with van der Waals surface area (Å²) in [5, 5.41) is 2.71. The topological polar surface area (TPSA) is 69.7 Å². The van der Waals surface area contributed by atoms with Crippen LogP contribution in [-0.4, -0.2) is 32.2 Å². The lowest BCUT2D eigenvalue weighted by Crippen LogP contribution is -2.09. The predicted octanol–water partition coefficient (Wildman–Crippen LogP) is 3.07. The van der Waals surface area contributed by atoms with Crippen molar-refractivity contribution in [3.05, 3.63) is 47.7 Å². The van der Waals surface area contributed by atoms with E-state index in [9.17, 15) is 4.79 Å². The molecule has 1 N–H and O–H groups in total. The number of hydrogen-bond donors (Lipinski definition) is 1. The highest BCUT2D eigenvalue weighted by atomic mass is 16.5. The van der Waals surface area contributed by atoms with Crippen molar-refractivity contribution in [2.75, 3.05) is 26.6 Å². The van der Waals surface area contributed by atoms with Gasteiger partial charge in [-0.2, -0.15) is 0 Å². The average molecular weight is 328 g/mol. The minimum Gasteiger partial charge on any atom is -0.493 e. The maximum atomic E-state index is 12.0. The molecule has 0 bridgehead atoms. The zero-order chi connectivity index (χ0) is 17.5. The Hall–Kier alpha value is -3.02. The molecular weight excluding hydrogens is 308 g/mol. The van der Waals surface area contributed by atoms with Crippen LogP contribution in [0.5, 0.6) is 17.2 Å². The minimum atomic E-state index is -0.276. The van der Waals surface area contributed by atoms with Gasteiger partial charge in [-0.05, 0) is 48.4 Å². The average Bonchev–Trinajstić information content (AvgIpc) is 2.58. The number of methoxy groups -OCH3 is 3. The maximum absolute atomic E-state index is 12.0. The molecule has 1 amide bonds. The van der Waals surface area contributed by atoms with Crippen LogP contribution in [0, 0.1) is 6.92 Å². The van der Waals surface area contributed by atoms with Crippen molar-refractivity contribution in [2.45, 2.75) is 6.92 Å². The molecule has 2 rings (SSSR count). The summed E-state index contributed by atoms with van der Waals surface area (Å²) in [5.41, 5.74) is 1.77. The quantitative estimate of drug-likeness (QED) is 0.825. The van der Waals surface area contributed by atoms with E-state index in [1.807, 2.05) is 13.0 Å². The molecule has 126 valence electrons. The van der Waals surface area contributed by atoms with Gasteiger partial charge in [0.05, 0.1) is 21.3 Å². The van der Waals surface area contributed by atoms with Crippen molar-refractivity contribution >= 4 is 17.8 Å². The van der Waals surface area contributed by atoms with Crippen LogP contribution in [0.3, 0.4) is 0 Å². The molecule has 0 saturated carbocycles. The van der Waals surface area contributed by atoms with E-state index in [1.54, 1.807) is 44.7 Å². The van der Waals surface area contributed by atoms with E-state index >= 15 is 0 Å². The third-order valence-corrected chi connectivity index (χ3v) is 3.28. The summed E-state index contributed by atoms with van der Waals surface area (Å²) >= 11 is 0. The smallest absolute Gasteiger partial charge is 0.249 e. The van der Waals surface area contributed by atoms with E-state index in [2.05, 4.69) is 10.3 Å². The fourth-order valence-electron chi connectivity index (χ4n) is 2.14. The monoisotopic (exact) mass is 328 g/mol. The summed E-state index contributed by atoms with van der Waals surface area (Å²) in [6.07, 6.45) is 4.73. The normalized spacial score (nSPS) is 10.5. The van der Waals surface area contributed by atoms with Gasteiger partial charge in [-0.25, -0.2) is 4.98 Å². The van der Waals surface area contributed by atoms with E-state index in [0.717, 1.165) is 11.1 Å². The Morgan fingerprint density at radius 1 is 1.08 bits per heavy atom. The summed E-state index contributed by atoms with van der Waals surface area (Å²) in [5.74, 6) is 1.79. The van der Waals surface area contributed by atoms with E-state index in [4.69, 9.17) is 14.2 Å². The summed E-state index contributed by atoms with van der Waals surface area (Å²) in [6.45, 7) is 1.93. The molecule has 1 heterocycles. The van der Waals surface area contributed by atoms with Gasteiger partial charge in [-0.1, -0.05) is 0 Å². The van der Waals surface area contributed by atoms with Crippen molar-refractivity contribution in [1.29, 1.82) is 0 Å². The standard InChI is InChI=1S/C18H20N2O4/c1-12-7-8-19-16(9-12)20-17(21)6-5-13-10-14(22-2)18(24-4)15(11-13)23-3/h5-11H,1-4H3,(H,19,20,21). The van der Waals surface area contributed by atoms with Crippen molar-refractivity contribution in [3.63, 3.8) is 0 Å².